The van der Waals surface area contributed by atoms with Crippen LogP contribution in [0.2, 0.25) is 0 Å². The highest BCUT2D eigenvalue weighted by atomic mass is 32.1. The molecule has 0 spiro atoms. The third-order valence-electron chi connectivity index (χ3n) is 5.09. The smallest absolute Gasteiger partial charge is 0.227 e. The number of hydrogen-bond acceptors (Lipinski definition) is 4. The van der Waals surface area contributed by atoms with Gasteiger partial charge in [-0.2, -0.15) is 0 Å². The Balaban J connectivity index is 1.43. The lowest BCUT2D eigenvalue weighted by Crippen LogP contribution is -2.39. The topological polar surface area (TPSA) is 46.1 Å². The van der Waals surface area contributed by atoms with Crippen molar-refractivity contribution in [1.82, 2.24) is 14.9 Å². The van der Waals surface area contributed by atoms with Crippen LogP contribution >= 0.6 is 11.3 Å². The van der Waals surface area contributed by atoms with Crippen molar-refractivity contribution in [3.63, 3.8) is 0 Å². The first-order valence-electron chi connectivity index (χ1n) is 8.95. The number of carbonyl (C=O) groups is 1. The Bertz CT molecular complexity index is 689. The number of likely N-dealkylation sites (tertiary alicyclic amines) is 1. The standard InChI is InChI=1S/C19H23N3OS/c23-18(12-14-7-9-20-10-8-14)22-11-3-4-15(13-22)19-21-16-5-1-2-6-17(16)24-19/h7-10,15H,1-6,11-13H2. The van der Waals surface area contributed by atoms with Crippen LogP contribution in [0.4, 0.5) is 0 Å². The Morgan fingerprint density at radius 2 is 2.04 bits per heavy atom. The molecular weight excluding hydrogens is 318 g/mol. The highest BCUT2D eigenvalue weighted by Crippen LogP contribution is 2.34. The molecule has 2 aromatic heterocycles. The number of piperidine rings is 1. The van der Waals surface area contributed by atoms with Gasteiger partial charge in [0.25, 0.3) is 0 Å². The average molecular weight is 341 g/mol. The zero-order valence-corrected chi connectivity index (χ0v) is 14.7. The third-order valence-corrected chi connectivity index (χ3v) is 6.41. The molecule has 4 nitrogen and oxygen atoms in total. The summed E-state index contributed by atoms with van der Waals surface area (Å²) in [5, 5.41) is 1.27. The first-order valence-corrected chi connectivity index (χ1v) is 9.76. The number of amides is 1. The number of hydrogen-bond donors (Lipinski definition) is 0. The number of nitrogens with zero attached hydrogens (tertiary/aromatic N) is 3. The van der Waals surface area contributed by atoms with E-state index in [1.807, 2.05) is 28.4 Å². The predicted octanol–water partition coefficient (Wildman–Crippen LogP) is 3.37. The second kappa shape index (κ2) is 7.01. The van der Waals surface area contributed by atoms with Gasteiger partial charge in [0.1, 0.15) is 0 Å². The SMILES string of the molecule is O=C(Cc1ccncc1)N1CCCC(c2nc3c(s2)CCCC3)C1. The Morgan fingerprint density at radius 3 is 2.88 bits per heavy atom. The van der Waals surface area contributed by atoms with Crippen LogP contribution in [0.5, 0.6) is 0 Å². The summed E-state index contributed by atoms with van der Waals surface area (Å²) in [4.78, 5) is 25.1. The molecule has 0 saturated carbocycles. The molecule has 0 bridgehead atoms. The van der Waals surface area contributed by atoms with Gasteiger partial charge in [-0.15, -0.1) is 11.3 Å². The molecule has 1 fully saturated rings. The van der Waals surface area contributed by atoms with Gasteiger partial charge >= 0.3 is 0 Å². The molecule has 2 aliphatic rings. The fourth-order valence-corrected chi connectivity index (χ4v) is 5.02. The minimum Gasteiger partial charge on any atom is -0.342 e. The molecule has 1 atom stereocenters. The molecule has 1 amide bonds. The summed E-state index contributed by atoms with van der Waals surface area (Å²) in [7, 11) is 0. The van der Waals surface area contributed by atoms with Crippen LogP contribution in [-0.2, 0) is 24.1 Å². The normalized spacial score (nSPS) is 20.7. The number of rotatable bonds is 3. The number of carbonyl (C=O) groups excluding carboxylic acids is 1. The van der Waals surface area contributed by atoms with E-state index in [2.05, 4.69) is 4.98 Å². The first-order chi connectivity index (χ1) is 11.8. The van der Waals surface area contributed by atoms with Crippen LogP contribution in [0.1, 0.15) is 52.7 Å². The Labute approximate surface area is 146 Å². The van der Waals surface area contributed by atoms with Crippen molar-refractivity contribution in [2.45, 2.75) is 50.9 Å². The van der Waals surface area contributed by atoms with E-state index in [1.54, 1.807) is 12.4 Å². The van der Waals surface area contributed by atoms with Crippen LogP contribution in [0.25, 0.3) is 0 Å². The van der Waals surface area contributed by atoms with E-state index in [1.165, 1.54) is 34.8 Å². The van der Waals surface area contributed by atoms with Gasteiger partial charge in [-0.3, -0.25) is 9.78 Å². The molecule has 1 aliphatic heterocycles. The molecule has 1 unspecified atom stereocenters. The van der Waals surface area contributed by atoms with Gasteiger partial charge in [0.05, 0.1) is 17.1 Å². The maximum Gasteiger partial charge on any atom is 0.227 e. The van der Waals surface area contributed by atoms with Crippen LogP contribution in [-0.4, -0.2) is 33.9 Å². The molecule has 0 aromatic carbocycles. The summed E-state index contributed by atoms with van der Waals surface area (Å²) in [6, 6.07) is 3.85. The zero-order valence-electron chi connectivity index (χ0n) is 13.9. The molecular formula is C19H23N3OS. The van der Waals surface area contributed by atoms with Crippen LogP contribution < -0.4 is 0 Å². The molecule has 5 heteroatoms. The number of thiazole rings is 1. The molecule has 126 valence electrons. The third kappa shape index (κ3) is 3.36. The van der Waals surface area contributed by atoms with Gasteiger partial charge in [0.15, 0.2) is 0 Å². The van der Waals surface area contributed by atoms with Crippen molar-refractivity contribution in [2.75, 3.05) is 13.1 Å². The summed E-state index contributed by atoms with van der Waals surface area (Å²) in [6.07, 6.45) is 11.1. The summed E-state index contributed by atoms with van der Waals surface area (Å²) in [5.74, 6) is 0.656. The summed E-state index contributed by atoms with van der Waals surface area (Å²) < 4.78 is 0. The van der Waals surface area contributed by atoms with Gasteiger partial charge in [0, 0.05) is 36.3 Å². The molecule has 0 radical (unpaired) electrons. The molecule has 1 saturated heterocycles. The summed E-state index contributed by atoms with van der Waals surface area (Å²) in [6.45, 7) is 1.71. The maximum atomic E-state index is 12.6. The van der Waals surface area contributed by atoms with E-state index in [0.717, 1.165) is 37.9 Å². The number of fused-ring (bicyclic) bond motifs is 1. The van der Waals surface area contributed by atoms with E-state index in [4.69, 9.17) is 4.98 Å². The van der Waals surface area contributed by atoms with Crippen molar-refractivity contribution < 1.29 is 4.79 Å². The molecule has 24 heavy (non-hydrogen) atoms. The summed E-state index contributed by atoms with van der Waals surface area (Å²) in [5.41, 5.74) is 2.38. The molecule has 3 heterocycles. The molecule has 2 aromatic rings. The van der Waals surface area contributed by atoms with Gasteiger partial charge in [-0.05, 0) is 56.2 Å². The quantitative estimate of drug-likeness (QED) is 0.860. The summed E-state index contributed by atoms with van der Waals surface area (Å²) >= 11 is 1.90. The predicted molar refractivity (Wildman–Crippen MR) is 95.3 cm³/mol. The van der Waals surface area contributed by atoms with E-state index in [-0.39, 0.29) is 5.91 Å². The lowest BCUT2D eigenvalue weighted by molar-refractivity contribution is -0.131. The molecule has 4 rings (SSSR count). The van der Waals surface area contributed by atoms with Gasteiger partial charge in [0.2, 0.25) is 5.91 Å². The minimum absolute atomic E-state index is 0.229. The highest BCUT2D eigenvalue weighted by Gasteiger charge is 2.28. The van der Waals surface area contributed by atoms with E-state index in [9.17, 15) is 4.79 Å². The minimum atomic E-state index is 0.229. The lowest BCUT2D eigenvalue weighted by Gasteiger charge is -2.32. The Morgan fingerprint density at radius 1 is 1.21 bits per heavy atom. The largest absolute Gasteiger partial charge is 0.342 e. The fraction of sp³-hybridized carbons (Fsp3) is 0.526. The first kappa shape index (κ1) is 15.8. The van der Waals surface area contributed by atoms with Gasteiger partial charge in [-0.25, -0.2) is 4.98 Å². The van der Waals surface area contributed by atoms with Gasteiger partial charge in [-0.1, -0.05) is 0 Å². The van der Waals surface area contributed by atoms with Crippen molar-refractivity contribution >= 4 is 17.2 Å². The highest BCUT2D eigenvalue weighted by molar-refractivity contribution is 7.11. The van der Waals surface area contributed by atoms with Gasteiger partial charge < -0.3 is 4.90 Å². The Kier molecular flexibility index (Phi) is 4.60. The van der Waals surface area contributed by atoms with Crippen LogP contribution in [0.3, 0.4) is 0 Å². The average Bonchev–Trinajstić information content (AvgIpc) is 3.07. The Hall–Kier alpha value is -1.75. The monoisotopic (exact) mass is 341 g/mol. The lowest BCUT2D eigenvalue weighted by atomic mass is 9.97. The number of aryl methyl sites for hydroxylation is 2. The van der Waals surface area contributed by atoms with E-state index in [0.29, 0.717) is 12.3 Å². The zero-order chi connectivity index (χ0) is 16.4. The molecule has 0 N–H and O–H groups in total. The van der Waals surface area contributed by atoms with Crippen molar-refractivity contribution in [3.8, 4) is 0 Å². The van der Waals surface area contributed by atoms with E-state index < -0.39 is 0 Å². The second-order valence-corrected chi connectivity index (χ2v) is 7.96. The van der Waals surface area contributed by atoms with Crippen LogP contribution in [0.15, 0.2) is 24.5 Å². The molecule has 1 aliphatic carbocycles. The number of aromatic nitrogens is 2. The maximum absolute atomic E-state index is 12.6. The van der Waals surface area contributed by atoms with E-state index >= 15 is 0 Å². The van der Waals surface area contributed by atoms with Crippen molar-refractivity contribution in [1.29, 1.82) is 0 Å². The number of pyridine rings is 1. The second-order valence-electron chi connectivity index (χ2n) is 6.84. The van der Waals surface area contributed by atoms with Crippen LogP contribution in [0, 0.1) is 0 Å². The fourth-order valence-electron chi connectivity index (χ4n) is 3.74. The van der Waals surface area contributed by atoms with Crippen molar-refractivity contribution in [2.24, 2.45) is 0 Å². The van der Waals surface area contributed by atoms with Crippen molar-refractivity contribution in [3.05, 3.63) is 45.7 Å².